The molecule has 0 aromatic rings. The molecule has 1 aliphatic rings. The lowest BCUT2D eigenvalue weighted by Crippen LogP contribution is -2.51. The Kier molecular flexibility index (Phi) is 2.69. The predicted molar refractivity (Wildman–Crippen MR) is 42.1 cm³/mol. The predicted octanol–water partition coefficient (Wildman–Crippen LogP) is 1.16. The van der Waals surface area contributed by atoms with Crippen LogP contribution in [-0.2, 0) is 4.74 Å². The Bertz CT molecular complexity index is 101. The second-order valence-corrected chi connectivity index (χ2v) is 3.28. The van der Waals surface area contributed by atoms with Crippen LogP contribution in [0.1, 0.15) is 26.7 Å². The van der Waals surface area contributed by atoms with Crippen LogP contribution in [0.25, 0.3) is 0 Å². The van der Waals surface area contributed by atoms with Crippen LogP contribution in [0.15, 0.2) is 0 Å². The second kappa shape index (κ2) is 3.35. The molecule has 1 saturated carbocycles. The molecule has 0 saturated heterocycles. The summed E-state index contributed by atoms with van der Waals surface area (Å²) in [6.07, 6.45) is 2.97. The van der Waals surface area contributed by atoms with Crippen LogP contribution in [0.5, 0.6) is 0 Å². The minimum atomic E-state index is 0.474. The zero-order valence-electron chi connectivity index (χ0n) is 7.05. The summed E-state index contributed by atoms with van der Waals surface area (Å²) in [4.78, 5) is 0. The average molecular weight is 143 g/mol. The minimum absolute atomic E-state index is 0.474. The van der Waals surface area contributed by atoms with Crippen molar-refractivity contribution in [3.05, 3.63) is 0 Å². The van der Waals surface area contributed by atoms with E-state index < -0.39 is 0 Å². The molecule has 1 rings (SSSR count). The first-order valence-corrected chi connectivity index (χ1v) is 4.03. The van der Waals surface area contributed by atoms with Gasteiger partial charge in [-0.2, -0.15) is 0 Å². The van der Waals surface area contributed by atoms with Crippen LogP contribution in [-0.4, -0.2) is 25.3 Å². The number of ether oxygens (including phenoxy) is 1. The first-order chi connectivity index (χ1) is 4.74. The molecule has 0 aromatic heterocycles. The summed E-state index contributed by atoms with van der Waals surface area (Å²) in [5.41, 5.74) is 0. The van der Waals surface area contributed by atoms with Crippen molar-refractivity contribution < 1.29 is 4.74 Å². The molecule has 2 atom stereocenters. The zero-order chi connectivity index (χ0) is 7.56. The van der Waals surface area contributed by atoms with Crippen molar-refractivity contribution in [1.82, 2.24) is 5.32 Å². The third kappa shape index (κ3) is 1.70. The van der Waals surface area contributed by atoms with Gasteiger partial charge in [0, 0.05) is 19.2 Å². The first-order valence-electron chi connectivity index (χ1n) is 4.03. The van der Waals surface area contributed by atoms with E-state index in [0.29, 0.717) is 18.2 Å². The third-order valence-corrected chi connectivity index (χ3v) is 2.06. The number of hydrogen-bond donors (Lipinski definition) is 1. The Morgan fingerprint density at radius 1 is 1.40 bits per heavy atom. The Morgan fingerprint density at radius 2 is 2.10 bits per heavy atom. The molecule has 60 valence electrons. The van der Waals surface area contributed by atoms with E-state index in [1.807, 2.05) is 0 Å². The normalized spacial score (nSPS) is 32.4. The number of methoxy groups -OCH3 is 1. The van der Waals surface area contributed by atoms with Crippen LogP contribution in [0.3, 0.4) is 0 Å². The maximum atomic E-state index is 5.24. The van der Waals surface area contributed by atoms with Gasteiger partial charge in [0.05, 0.1) is 6.10 Å². The van der Waals surface area contributed by atoms with Crippen LogP contribution in [0.2, 0.25) is 0 Å². The van der Waals surface area contributed by atoms with Gasteiger partial charge in [-0.15, -0.1) is 0 Å². The monoisotopic (exact) mass is 143 g/mol. The lowest BCUT2D eigenvalue weighted by molar-refractivity contribution is 0.00376. The van der Waals surface area contributed by atoms with E-state index in [4.69, 9.17) is 4.74 Å². The smallest absolute Gasteiger partial charge is 0.0724 e. The van der Waals surface area contributed by atoms with Crippen LogP contribution in [0, 0.1) is 0 Å². The van der Waals surface area contributed by atoms with E-state index in [1.54, 1.807) is 7.11 Å². The lowest BCUT2D eigenvalue weighted by Gasteiger charge is -2.37. The zero-order valence-corrected chi connectivity index (χ0v) is 7.05. The molecule has 1 aliphatic carbocycles. The summed E-state index contributed by atoms with van der Waals surface area (Å²) >= 11 is 0. The SMILES string of the molecule is CO[C@@H]1CC[C@@H]1NC(C)C. The molecule has 0 aliphatic heterocycles. The van der Waals surface area contributed by atoms with Gasteiger partial charge in [-0.25, -0.2) is 0 Å². The fourth-order valence-electron chi connectivity index (χ4n) is 1.37. The molecule has 0 aromatic carbocycles. The molecule has 0 amide bonds. The van der Waals surface area contributed by atoms with Crippen LogP contribution >= 0.6 is 0 Å². The van der Waals surface area contributed by atoms with Gasteiger partial charge in [0.25, 0.3) is 0 Å². The molecule has 0 bridgehead atoms. The van der Waals surface area contributed by atoms with Crippen molar-refractivity contribution in [2.24, 2.45) is 0 Å². The highest BCUT2D eigenvalue weighted by atomic mass is 16.5. The first kappa shape index (κ1) is 8.02. The van der Waals surface area contributed by atoms with E-state index in [-0.39, 0.29) is 0 Å². The molecule has 1 fully saturated rings. The Labute approximate surface area is 63.0 Å². The van der Waals surface area contributed by atoms with Gasteiger partial charge < -0.3 is 10.1 Å². The summed E-state index contributed by atoms with van der Waals surface area (Å²) in [7, 11) is 1.79. The molecule has 2 nitrogen and oxygen atoms in total. The van der Waals surface area contributed by atoms with Gasteiger partial charge in [-0.3, -0.25) is 0 Å². The van der Waals surface area contributed by atoms with Crippen molar-refractivity contribution in [2.45, 2.75) is 44.9 Å². The topological polar surface area (TPSA) is 21.3 Å². The largest absolute Gasteiger partial charge is 0.380 e. The van der Waals surface area contributed by atoms with Gasteiger partial charge in [-0.05, 0) is 12.8 Å². The average Bonchev–Trinajstić information content (AvgIpc) is 1.82. The van der Waals surface area contributed by atoms with Gasteiger partial charge in [0.2, 0.25) is 0 Å². The van der Waals surface area contributed by atoms with E-state index >= 15 is 0 Å². The molecule has 2 heteroatoms. The van der Waals surface area contributed by atoms with E-state index in [1.165, 1.54) is 12.8 Å². The molecule has 1 N–H and O–H groups in total. The molecule has 0 heterocycles. The van der Waals surface area contributed by atoms with E-state index in [0.717, 1.165) is 0 Å². The fourth-order valence-corrected chi connectivity index (χ4v) is 1.37. The van der Waals surface area contributed by atoms with Gasteiger partial charge in [-0.1, -0.05) is 13.8 Å². The van der Waals surface area contributed by atoms with Crippen molar-refractivity contribution in [2.75, 3.05) is 7.11 Å². The molecular formula is C8H17NO. The summed E-state index contributed by atoms with van der Waals surface area (Å²) in [5.74, 6) is 0. The Hall–Kier alpha value is -0.0800. The highest BCUT2D eigenvalue weighted by Gasteiger charge is 2.30. The Balaban J connectivity index is 2.16. The van der Waals surface area contributed by atoms with Crippen molar-refractivity contribution >= 4 is 0 Å². The summed E-state index contributed by atoms with van der Waals surface area (Å²) in [5, 5.41) is 3.46. The van der Waals surface area contributed by atoms with Crippen LogP contribution in [0.4, 0.5) is 0 Å². The third-order valence-electron chi connectivity index (χ3n) is 2.06. The molecule has 0 unspecified atom stereocenters. The molecule has 0 radical (unpaired) electrons. The lowest BCUT2D eigenvalue weighted by atomic mass is 9.88. The molecular weight excluding hydrogens is 126 g/mol. The van der Waals surface area contributed by atoms with Crippen molar-refractivity contribution in [3.63, 3.8) is 0 Å². The molecule has 0 spiro atoms. The summed E-state index contributed by atoms with van der Waals surface area (Å²) < 4.78 is 5.24. The highest BCUT2D eigenvalue weighted by Crippen LogP contribution is 2.22. The number of nitrogens with one attached hydrogen (secondary N) is 1. The van der Waals surface area contributed by atoms with Gasteiger partial charge >= 0.3 is 0 Å². The van der Waals surface area contributed by atoms with E-state index in [2.05, 4.69) is 19.2 Å². The number of hydrogen-bond acceptors (Lipinski definition) is 2. The van der Waals surface area contributed by atoms with Crippen LogP contribution < -0.4 is 5.32 Å². The maximum absolute atomic E-state index is 5.24. The number of rotatable bonds is 3. The highest BCUT2D eigenvalue weighted by molar-refractivity contribution is 4.88. The van der Waals surface area contributed by atoms with Crippen molar-refractivity contribution in [3.8, 4) is 0 Å². The van der Waals surface area contributed by atoms with Gasteiger partial charge in [0.15, 0.2) is 0 Å². The van der Waals surface area contributed by atoms with Crippen molar-refractivity contribution in [1.29, 1.82) is 0 Å². The fraction of sp³-hybridized carbons (Fsp3) is 1.00. The van der Waals surface area contributed by atoms with E-state index in [9.17, 15) is 0 Å². The summed E-state index contributed by atoms with van der Waals surface area (Å²) in [6, 6.07) is 1.20. The molecule has 10 heavy (non-hydrogen) atoms. The van der Waals surface area contributed by atoms with Gasteiger partial charge in [0.1, 0.15) is 0 Å². The minimum Gasteiger partial charge on any atom is -0.380 e. The standard InChI is InChI=1S/C8H17NO/c1-6(2)9-7-4-5-8(7)10-3/h6-9H,4-5H2,1-3H3/t7-,8+/m0/s1. The quantitative estimate of drug-likeness (QED) is 0.640. The summed E-state index contributed by atoms with van der Waals surface area (Å²) in [6.45, 7) is 4.34. The Morgan fingerprint density at radius 3 is 2.40 bits per heavy atom. The second-order valence-electron chi connectivity index (χ2n) is 3.28. The maximum Gasteiger partial charge on any atom is 0.0724 e.